The number of nitrogens with zero attached hydrogens (tertiary/aromatic N) is 2. The molecule has 1 aromatic carbocycles. The van der Waals surface area contributed by atoms with E-state index in [1.807, 2.05) is 37.4 Å². The molecule has 0 spiro atoms. The lowest BCUT2D eigenvalue weighted by atomic mass is 9.95. The molecular formula is C23H29N3O3. The molecule has 1 N–H and O–H groups in total. The molecule has 1 saturated carbocycles. The molecule has 2 aliphatic rings. The van der Waals surface area contributed by atoms with Gasteiger partial charge in [0.2, 0.25) is 0 Å². The van der Waals surface area contributed by atoms with Crippen molar-refractivity contribution in [2.45, 2.75) is 44.6 Å². The van der Waals surface area contributed by atoms with Crippen LogP contribution in [-0.4, -0.2) is 44.2 Å². The van der Waals surface area contributed by atoms with Gasteiger partial charge in [0.25, 0.3) is 5.91 Å². The van der Waals surface area contributed by atoms with Crippen molar-refractivity contribution in [2.75, 3.05) is 32.2 Å². The molecule has 0 unspecified atom stereocenters. The predicted octanol–water partition coefficient (Wildman–Crippen LogP) is 3.57. The third-order valence-electron chi connectivity index (χ3n) is 5.79. The number of fused-ring (bicyclic) bond motifs is 1. The Kier molecular flexibility index (Phi) is 5.88. The van der Waals surface area contributed by atoms with Crippen molar-refractivity contribution in [3.63, 3.8) is 0 Å². The Bertz CT molecular complexity index is 860. The Morgan fingerprint density at radius 1 is 1.24 bits per heavy atom. The zero-order valence-corrected chi connectivity index (χ0v) is 17.2. The Morgan fingerprint density at radius 3 is 2.72 bits per heavy atom. The van der Waals surface area contributed by atoms with Crippen LogP contribution < -0.4 is 19.7 Å². The molecule has 1 amide bonds. The van der Waals surface area contributed by atoms with Crippen LogP contribution in [0.5, 0.6) is 11.5 Å². The fraction of sp³-hybridized carbons (Fsp3) is 0.478. The molecule has 6 heteroatoms. The molecule has 6 nitrogen and oxygen atoms in total. The summed E-state index contributed by atoms with van der Waals surface area (Å²) >= 11 is 0. The third kappa shape index (κ3) is 4.47. The number of methoxy groups -OCH3 is 1. The summed E-state index contributed by atoms with van der Waals surface area (Å²) in [4.78, 5) is 19.7. The van der Waals surface area contributed by atoms with Gasteiger partial charge in [-0.1, -0.05) is 31.4 Å². The van der Waals surface area contributed by atoms with Gasteiger partial charge in [-0.2, -0.15) is 0 Å². The van der Waals surface area contributed by atoms with Gasteiger partial charge < -0.3 is 19.7 Å². The number of likely N-dealkylation sites (N-methyl/N-ethyl adjacent to an activating group) is 1. The average Bonchev–Trinajstić information content (AvgIpc) is 2.75. The highest BCUT2D eigenvalue weighted by molar-refractivity contribution is 5.93. The highest BCUT2D eigenvalue weighted by Crippen LogP contribution is 2.35. The smallest absolute Gasteiger partial charge is 0.270 e. The fourth-order valence-electron chi connectivity index (χ4n) is 4.10. The van der Waals surface area contributed by atoms with Crippen LogP contribution in [0.3, 0.4) is 0 Å². The standard InChI is InChI=1S/C23H29N3O3/c1-26-12-13-29-21-17(14-16-8-10-19(28-2)11-9-16)15-20(25-22(21)26)23(27)24-18-6-4-3-5-7-18/h8-11,15,18H,3-7,12-14H2,1-2H3,(H,24,27). The first-order chi connectivity index (χ1) is 14.1. The van der Waals surface area contributed by atoms with Crippen molar-refractivity contribution in [3.8, 4) is 11.5 Å². The number of nitrogens with one attached hydrogen (secondary N) is 1. The average molecular weight is 396 g/mol. The number of amides is 1. The van der Waals surface area contributed by atoms with Crippen LogP contribution in [0.25, 0.3) is 0 Å². The van der Waals surface area contributed by atoms with E-state index in [2.05, 4.69) is 15.2 Å². The van der Waals surface area contributed by atoms with E-state index in [4.69, 9.17) is 9.47 Å². The number of carbonyl (C=O) groups excluding carboxylic acids is 1. The van der Waals surface area contributed by atoms with Crippen molar-refractivity contribution in [3.05, 3.63) is 47.2 Å². The van der Waals surface area contributed by atoms with Crippen LogP contribution in [0, 0.1) is 0 Å². The number of aromatic nitrogens is 1. The summed E-state index contributed by atoms with van der Waals surface area (Å²) in [6, 6.07) is 10.1. The number of carbonyl (C=O) groups is 1. The van der Waals surface area contributed by atoms with E-state index in [9.17, 15) is 4.79 Å². The largest absolute Gasteiger partial charge is 0.497 e. The van der Waals surface area contributed by atoms with E-state index in [1.54, 1.807) is 7.11 Å². The zero-order chi connectivity index (χ0) is 20.2. The van der Waals surface area contributed by atoms with Crippen molar-refractivity contribution in [2.24, 2.45) is 0 Å². The Hall–Kier alpha value is -2.76. The fourth-order valence-corrected chi connectivity index (χ4v) is 4.10. The molecule has 29 heavy (non-hydrogen) atoms. The third-order valence-corrected chi connectivity index (χ3v) is 5.79. The number of rotatable bonds is 5. The topological polar surface area (TPSA) is 63.7 Å². The van der Waals surface area contributed by atoms with E-state index in [1.165, 1.54) is 19.3 Å². The second kappa shape index (κ2) is 8.72. The normalized spacial score (nSPS) is 16.7. The van der Waals surface area contributed by atoms with Gasteiger partial charge in [0, 0.05) is 25.1 Å². The van der Waals surface area contributed by atoms with Crippen LogP contribution in [0.1, 0.15) is 53.7 Å². The van der Waals surface area contributed by atoms with Gasteiger partial charge >= 0.3 is 0 Å². The summed E-state index contributed by atoms with van der Waals surface area (Å²) in [6.07, 6.45) is 6.41. The van der Waals surface area contributed by atoms with Gasteiger partial charge in [0.15, 0.2) is 11.6 Å². The van der Waals surface area contributed by atoms with Gasteiger partial charge in [-0.15, -0.1) is 0 Å². The summed E-state index contributed by atoms with van der Waals surface area (Å²) in [7, 11) is 3.66. The molecule has 154 valence electrons. The Morgan fingerprint density at radius 2 is 2.00 bits per heavy atom. The zero-order valence-electron chi connectivity index (χ0n) is 17.2. The lowest BCUT2D eigenvalue weighted by molar-refractivity contribution is 0.0922. The van der Waals surface area contributed by atoms with E-state index in [0.29, 0.717) is 18.7 Å². The quantitative estimate of drug-likeness (QED) is 0.839. The molecule has 0 saturated heterocycles. The maximum absolute atomic E-state index is 12.9. The van der Waals surface area contributed by atoms with Crippen LogP contribution in [0.4, 0.5) is 5.82 Å². The number of hydrogen-bond acceptors (Lipinski definition) is 5. The summed E-state index contributed by atoms with van der Waals surface area (Å²) in [5.74, 6) is 2.27. The highest BCUT2D eigenvalue weighted by Gasteiger charge is 2.25. The lowest BCUT2D eigenvalue weighted by Crippen LogP contribution is -2.37. The predicted molar refractivity (Wildman–Crippen MR) is 113 cm³/mol. The second-order valence-corrected chi connectivity index (χ2v) is 7.92. The molecule has 2 aromatic rings. The first-order valence-corrected chi connectivity index (χ1v) is 10.5. The SMILES string of the molecule is COc1ccc(Cc2cc(C(=O)NC3CCCCC3)nc3c2OCCN3C)cc1. The highest BCUT2D eigenvalue weighted by atomic mass is 16.5. The molecule has 2 heterocycles. The maximum Gasteiger partial charge on any atom is 0.270 e. The summed E-state index contributed by atoms with van der Waals surface area (Å²) < 4.78 is 11.2. The summed E-state index contributed by atoms with van der Waals surface area (Å²) in [6.45, 7) is 1.38. The molecule has 1 aliphatic carbocycles. The minimum absolute atomic E-state index is 0.0883. The molecule has 1 fully saturated rings. The van der Waals surface area contributed by atoms with Gasteiger partial charge in [-0.05, 0) is 36.6 Å². The summed E-state index contributed by atoms with van der Waals surface area (Å²) in [5.41, 5.74) is 2.59. The van der Waals surface area contributed by atoms with Gasteiger partial charge in [-0.25, -0.2) is 4.98 Å². The van der Waals surface area contributed by atoms with Crippen molar-refractivity contribution in [1.82, 2.24) is 10.3 Å². The van der Waals surface area contributed by atoms with Crippen LogP contribution in [-0.2, 0) is 6.42 Å². The number of pyridine rings is 1. The number of ether oxygens (including phenoxy) is 2. The Labute approximate surface area is 172 Å². The number of benzene rings is 1. The molecule has 4 rings (SSSR count). The van der Waals surface area contributed by atoms with E-state index >= 15 is 0 Å². The maximum atomic E-state index is 12.9. The molecule has 0 atom stereocenters. The van der Waals surface area contributed by atoms with E-state index in [0.717, 1.165) is 47.8 Å². The molecule has 1 aromatic heterocycles. The van der Waals surface area contributed by atoms with Gasteiger partial charge in [0.05, 0.1) is 13.7 Å². The van der Waals surface area contributed by atoms with Crippen LogP contribution in [0.15, 0.2) is 30.3 Å². The van der Waals surface area contributed by atoms with E-state index in [-0.39, 0.29) is 11.9 Å². The first kappa shape index (κ1) is 19.6. The molecular weight excluding hydrogens is 366 g/mol. The van der Waals surface area contributed by atoms with Crippen molar-refractivity contribution < 1.29 is 14.3 Å². The van der Waals surface area contributed by atoms with E-state index < -0.39 is 0 Å². The molecule has 0 radical (unpaired) electrons. The van der Waals surface area contributed by atoms with Crippen LogP contribution in [0.2, 0.25) is 0 Å². The first-order valence-electron chi connectivity index (χ1n) is 10.5. The summed E-state index contributed by atoms with van der Waals surface area (Å²) in [5, 5.41) is 3.19. The number of anilines is 1. The molecule has 0 bridgehead atoms. The van der Waals surface area contributed by atoms with Crippen molar-refractivity contribution >= 4 is 11.7 Å². The minimum Gasteiger partial charge on any atom is -0.497 e. The number of hydrogen-bond donors (Lipinski definition) is 1. The van der Waals surface area contributed by atoms with Crippen LogP contribution >= 0.6 is 0 Å². The van der Waals surface area contributed by atoms with Gasteiger partial charge in [0.1, 0.15) is 18.1 Å². The minimum atomic E-state index is -0.0883. The monoisotopic (exact) mass is 395 g/mol. The lowest BCUT2D eigenvalue weighted by Gasteiger charge is -2.29. The molecule has 1 aliphatic heterocycles. The second-order valence-electron chi connectivity index (χ2n) is 7.92. The van der Waals surface area contributed by atoms with Gasteiger partial charge in [-0.3, -0.25) is 4.79 Å². The van der Waals surface area contributed by atoms with Crippen molar-refractivity contribution in [1.29, 1.82) is 0 Å². The Balaban J connectivity index is 1.62.